The Hall–Kier alpha value is -1.20. The van der Waals surface area contributed by atoms with E-state index in [9.17, 15) is 4.79 Å². The highest BCUT2D eigenvalue weighted by molar-refractivity contribution is 4.85. The standard InChI is InChI=1S/C14H24N4O/c1-13(2)12-17-8-6-16(7-9-17)10-11-18-14(19)4-3-5-15-18/h3-5,13H,6-12H2,1-2H3. The second-order valence-corrected chi connectivity index (χ2v) is 5.62. The van der Waals surface area contributed by atoms with Crippen molar-refractivity contribution in [2.75, 3.05) is 39.3 Å². The molecule has 0 amide bonds. The minimum Gasteiger partial charge on any atom is -0.301 e. The van der Waals surface area contributed by atoms with Crippen molar-refractivity contribution < 1.29 is 0 Å². The molecule has 0 radical (unpaired) electrons. The fourth-order valence-electron chi connectivity index (χ4n) is 2.50. The molecule has 19 heavy (non-hydrogen) atoms. The average Bonchev–Trinajstić information content (AvgIpc) is 2.39. The monoisotopic (exact) mass is 264 g/mol. The lowest BCUT2D eigenvalue weighted by molar-refractivity contribution is 0.118. The van der Waals surface area contributed by atoms with Crippen molar-refractivity contribution in [2.24, 2.45) is 5.92 Å². The van der Waals surface area contributed by atoms with Gasteiger partial charge in [0.05, 0.1) is 6.54 Å². The zero-order valence-corrected chi connectivity index (χ0v) is 12.0. The maximum absolute atomic E-state index is 11.5. The number of nitrogens with zero attached hydrogens (tertiary/aromatic N) is 4. The van der Waals surface area contributed by atoms with Crippen LogP contribution in [0.3, 0.4) is 0 Å². The molecule has 2 rings (SSSR count). The van der Waals surface area contributed by atoms with Gasteiger partial charge in [0.25, 0.3) is 5.56 Å². The van der Waals surface area contributed by atoms with Gasteiger partial charge >= 0.3 is 0 Å². The van der Waals surface area contributed by atoms with Gasteiger partial charge in [0.1, 0.15) is 0 Å². The van der Waals surface area contributed by atoms with Gasteiger partial charge in [0, 0.05) is 51.5 Å². The highest BCUT2D eigenvalue weighted by Gasteiger charge is 2.17. The third-order valence-corrected chi connectivity index (χ3v) is 3.50. The first kappa shape index (κ1) is 14.2. The second kappa shape index (κ2) is 6.82. The van der Waals surface area contributed by atoms with E-state index in [1.165, 1.54) is 6.54 Å². The summed E-state index contributed by atoms with van der Waals surface area (Å²) >= 11 is 0. The molecule has 0 saturated carbocycles. The summed E-state index contributed by atoms with van der Waals surface area (Å²) in [5.74, 6) is 0.735. The van der Waals surface area contributed by atoms with Crippen LogP contribution in [0.2, 0.25) is 0 Å². The van der Waals surface area contributed by atoms with Crippen LogP contribution in [0, 0.1) is 5.92 Å². The van der Waals surface area contributed by atoms with Crippen LogP contribution in [0.5, 0.6) is 0 Å². The van der Waals surface area contributed by atoms with Crippen molar-refractivity contribution in [3.8, 4) is 0 Å². The fraction of sp³-hybridized carbons (Fsp3) is 0.714. The number of hydrogen-bond acceptors (Lipinski definition) is 4. The summed E-state index contributed by atoms with van der Waals surface area (Å²) in [6.07, 6.45) is 1.67. The molecule has 0 spiro atoms. The van der Waals surface area contributed by atoms with Gasteiger partial charge in [-0.05, 0) is 12.0 Å². The predicted molar refractivity (Wildman–Crippen MR) is 76.2 cm³/mol. The van der Waals surface area contributed by atoms with Crippen LogP contribution in [0.4, 0.5) is 0 Å². The largest absolute Gasteiger partial charge is 0.301 e. The summed E-state index contributed by atoms with van der Waals surface area (Å²) in [6, 6.07) is 3.25. The second-order valence-electron chi connectivity index (χ2n) is 5.62. The van der Waals surface area contributed by atoms with E-state index in [0.717, 1.165) is 38.6 Å². The van der Waals surface area contributed by atoms with E-state index < -0.39 is 0 Å². The molecule has 0 bridgehead atoms. The SMILES string of the molecule is CC(C)CN1CCN(CCn2ncccc2=O)CC1. The highest BCUT2D eigenvalue weighted by Crippen LogP contribution is 2.04. The average molecular weight is 264 g/mol. The summed E-state index contributed by atoms with van der Waals surface area (Å²) in [7, 11) is 0. The van der Waals surface area contributed by atoms with Gasteiger partial charge in [-0.3, -0.25) is 9.69 Å². The van der Waals surface area contributed by atoms with Crippen LogP contribution in [0.1, 0.15) is 13.8 Å². The Morgan fingerprint density at radius 2 is 1.84 bits per heavy atom. The summed E-state index contributed by atoms with van der Waals surface area (Å²) in [5.41, 5.74) is -0.0130. The quantitative estimate of drug-likeness (QED) is 0.777. The Kier molecular flexibility index (Phi) is 5.10. The van der Waals surface area contributed by atoms with Gasteiger partial charge in [-0.15, -0.1) is 0 Å². The molecule has 5 nitrogen and oxygen atoms in total. The third-order valence-electron chi connectivity index (χ3n) is 3.50. The Bertz CT molecular complexity index is 435. The predicted octanol–water partition coefficient (Wildman–Crippen LogP) is 0.517. The van der Waals surface area contributed by atoms with Gasteiger partial charge in [-0.2, -0.15) is 5.10 Å². The number of aromatic nitrogens is 2. The summed E-state index contributed by atoms with van der Waals surface area (Å²) in [6.45, 7) is 11.8. The zero-order chi connectivity index (χ0) is 13.7. The number of hydrogen-bond donors (Lipinski definition) is 0. The molecule has 1 aromatic heterocycles. The van der Waals surface area contributed by atoms with Crippen molar-refractivity contribution in [1.29, 1.82) is 0 Å². The van der Waals surface area contributed by atoms with E-state index in [4.69, 9.17) is 0 Å². The van der Waals surface area contributed by atoms with Crippen LogP contribution in [-0.4, -0.2) is 58.8 Å². The molecule has 5 heteroatoms. The van der Waals surface area contributed by atoms with E-state index in [-0.39, 0.29) is 5.56 Å². The molecule has 0 N–H and O–H groups in total. The van der Waals surface area contributed by atoms with Crippen LogP contribution < -0.4 is 5.56 Å². The zero-order valence-electron chi connectivity index (χ0n) is 12.0. The van der Waals surface area contributed by atoms with Crippen molar-refractivity contribution in [3.05, 3.63) is 28.7 Å². The van der Waals surface area contributed by atoms with Crippen molar-refractivity contribution >= 4 is 0 Å². The van der Waals surface area contributed by atoms with E-state index in [1.54, 1.807) is 23.0 Å². The van der Waals surface area contributed by atoms with Gasteiger partial charge < -0.3 is 4.90 Å². The molecule has 0 unspecified atom stereocenters. The molecule has 1 saturated heterocycles. The summed E-state index contributed by atoms with van der Waals surface area (Å²) in [5, 5.41) is 4.08. The molecule has 0 aromatic carbocycles. The van der Waals surface area contributed by atoms with Gasteiger partial charge in [0.15, 0.2) is 0 Å². The van der Waals surface area contributed by atoms with Gasteiger partial charge in [-0.25, -0.2) is 4.68 Å². The molecular weight excluding hydrogens is 240 g/mol. The first-order valence-electron chi connectivity index (χ1n) is 7.12. The molecule has 0 atom stereocenters. The minimum absolute atomic E-state index is 0.0130. The maximum Gasteiger partial charge on any atom is 0.266 e. The lowest BCUT2D eigenvalue weighted by Crippen LogP contribution is -2.48. The molecule has 106 valence electrons. The lowest BCUT2D eigenvalue weighted by Gasteiger charge is -2.35. The number of piperazine rings is 1. The Morgan fingerprint density at radius 1 is 1.16 bits per heavy atom. The van der Waals surface area contributed by atoms with Crippen LogP contribution in [0.15, 0.2) is 23.1 Å². The Balaban J connectivity index is 1.74. The molecule has 1 aliphatic heterocycles. The fourth-order valence-corrected chi connectivity index (χ4v) is 2.50. The number of rotatable bonds is 5. The normalized spacial score (nSPS) is 18.1. The minimum atomic E-state index is -0.0130. The molecule has 2 heterocycles. The summed E-state index contributed by atoms with van der Waals surface area (Å²) < 4.78 is 1.54. The topological polar surface area (TPSA) is 41.4 Å². The van der Waals surface area contributed by atoms with Gasteiger partial charge in [-0.1, -0.05) is 13.8 Å². The third kappa shape index (κ3) is 4.44. The van der Waals surface area contributed by atoms with Crippen LogP contribution >= 0.6 is 0 Å². The molecule has 1 aromatic rings. The molecule has 1 fully saturated rings. The lowest BCUT2D eigenvalue weighted by atomic mass is 10.2. The molecule has 1 aliphatic rings. The van der Waals surface area contributed by atoms with Crippen LogP contribution in [-0.2, 0) is 6.54 Å². The molecule has 0 aliphatic carbocycles. The smallest absolute Gasteiger partial charge is 0.266 e. The Morgan fingerprint density at radius 3 is 2.47 bits per heavy atom. The first-order valence-corrected chi connectivity index (χ1v) is 7.12. The van der Waals surface area contributed by atoms with Crippen molar-refractivity contribution in [1.82, 2.24) is 19.6 Å². The van der Waals surface area contributed by atoms with E-state index >= 15 is 0 Å². The van der Waals surface area contributed by atoms with Crippen molar-refractivity contribution in [3.63, 3.8) is 0 Å². The van der Waals surface area contributed by atoms with E-state index in [1.807, 2.05) is 0 Å². The van der Waals surface area contributed by atoms with Crippen LogP contribution in [0.25, 0.3) is 0 Å². The van der Waals surface area contributed by atoms with Gasteiger partial charge in [0.2, 0.25) is 0 Å². The summed E-state index contributed by atoms with van der Waals surface area (Å²) in [4.78, 5) is 16.5. The van der Waals surface area contributed by atoms with Crippen molar-refractivity contribution in [2.45, 2.75) is 20.4 Å². The Labute approximate surface area is 114 Å². The highest BCUT2D eigenvalue weighted by atomic mass is 16.1. The maximum atomic E-state index is 11.5. The first-order chi connectivity index (χ1) is 9.15. The van der Waals surface area contributed by atoms with E-state index in [2.05, 4.69) is 28.7 Å². The van der Waals surface area contributed by atoms with E-state index in [0.29, 0.717) is 6.54 Å². The molecular formula is C14H24N4O.